The predicted octanol–water partition coefficient (Wildman–Crippen LogP) is 3.47. The molecule has 2 rings (SSSR count). The third-order valence-corrected chi connectivity index (χ3v) is 3.41. The van der Waals surface area contributed by atoms with Gasteiger partial charge in [0, 0.05) is 12.1 Å². The van der Waals surface area contributed by atoms with Gasteiger partial charge in [-0.3, -0.25) is 0 Å². The lowest BCUT2D eigenvalue weighted by molar-refractivity contribution is 0.301. The maximum Gasteiger partial charge on any atom is 0.125 e. The molecule has 0 bridgehead atoms. The first-order valence-corrected chi connectivity index (χ1v) is 7.01. The van der Waals surface area contributed by atoms with Crippen LogP contribution in [0.3, 0.4) is 0 Å². The Hall–Kier alpha value is -2.31. The summed E-state index contributed by atoms with van der Waals surface area (Å²) in [6.07, 6.45) is 0. The Morgan fingerprint density at radius 3 is 2.43 bits per heavy atom. The Kier molecular flexibility index (Phi) is 4.97. The second-order valence-electron chi connectivity index (χ2n) is 5.15. The SMILES string of the molecule is CNCc1cc(C)c(OCc2ccccc2C#N)c(C)c1. The van der Waals surface area contributed by atoms with E-state index >= 15 is 0 Å². The third kappa shape index (κ3) is 3.62. The van der Waals surface area contributed by atoms with Gasteiger partial charge in [0.2, 0.25) is 0 Å². The number of aryl methyl sites for hydroxylation is 2. The average Bonchev–Trinajstić information content (AvgIpc) is 2.47. The Labute approximate surface area is 126 Å². The number of nitriles is 1. The molecule has 0 aliphatic carbocycles. The second-order valence-corrected chi connectivity index (χ2v) is 5.15. The zero-order valence-electron chi connectivity index (χ0n) is 12.7. The van der Waals surface area contributed by atoms with Crippen LogP contribution in [0.4, 0.5) is 0 Å². The Bertz CT molecular complexity index is 648. The number of rotatable bonds is 5. The van der Waals surface area contributed by atoms with Crippen LogP contribution >= 0.6 is 0 Å². The zero-order chi connectivity index (χ0) is 15.2. The van der Waals surface area contributed by atoms with Gasteiger partial charge in [0.1, 0.15) is 12.4 Å². The van der Waals surface area contributed by atoms with Crippen molar-refractivity contribution < 1.29 is 4.74 Å². The summed E-state index contributed by atoms with van der Waals surface area (Å²) in [5.41, 5.74) is 5.07. The largest absolute Gasteiger partial charge is 0.488 e. The van der Waals surface area contributed by atoms with Gasteiger partial charge in [0.05, 0.1) is 11.6 Å². The molecule has 2 aromatic rings. The third-order valence-electron chi connectivity index (χ3n) is 3.41. The molecule has 0 fully saturated rings. The number of hydrogen-bond acceptors (Lipinski definition) is 3. The molecule has 0 atom stereocenters. The molecule has 0 unspecified atom stereocenters. The number of ether oxygens (including phenoxy) is 1. The van der Waals surface area contributed by atoms with E-state index in [9.17, 15) is 0 Å². The highest BCUT2D eigenvalue weighted by molar-refractivity contribution is 5.44. The first-order chi connectivity index (χ1) is 10.2. The van der Waals surface area contributed by atoms with E-state index in [0.717, 1.165) is 29.0 Å². The molecular weight excluding hydrogens is 260 g/mol. The van der Waals surface area contributed by atoms with Crippen molar-refractivity contribution in [2.45, 2.75) is 27.0 Å². The maximum atomic E-state index is 9.11. The van der Waals surface area contributed by atoms with Gasteiger partial charge in [-0.25, -0.2) is 0 Å². The van der Waals surface area contributed by atoms with E-state index in [2.05, 4.69) is 37.4 Å². The van der Waals surface area contributed by atoms with Crippen LogP contribution in [0.5, 0.6) is 5.75 Å². The molecule has 0 saturated carbocycles. The maximum absolute atomic E-state index is 9.11. The minimum atomic E-state index is 0.413. The van der Waals surface area contributed by atoms with Gasteiger partial charge in [-0.15, -0.1) is 0 Å². The molecule has 0 aliphatic rings. The lowest BCUT2D eigenvalue weighted by Crippen LogP contribution is -2.07. The fourth-order valence-corrected chi connectivity index (χ4v) is 2.48. The summed E-state index contributed by atoms with van der Waals surface area (Å²) in [5, 5.41) is 12.3. The number of nitrogens with one attached hydrogen (secondary N) is 1. The molecular formula is C18H20N2O. The van der Waals surface area contributed by atoms with Crippen LogP contribution in [-0.2, 0) is 13.2 Å². The van der Waals surface area contributed by atoms with Gasteiger partial charge in [0.25, 0.3) is 0 Å². The summed E-state index contributed by atoms with van der Waals surface area (Å²) in [5.74, 6) is 0.905. The van der Waals surface area contributed by atoms with Crippen LogP contribution in [0.15, 0.2) is 36.4 Å². The number of hydrogen-bond donors (Lipinski definition) is 1. The second kappa shape index (κ2) is 6.92. The van der Waals surface area contributed by atoms with Gasteiger partial charge in [-0.2, -0.15) is 5.26 Å². The van der Waals surface area contributed by atoms with Crippen LogP contribution in [0.25, 0.3) is 0 Å². The highest BCUT2D eigenvalue weighted by atomic mass is 16.5. The van der Waals surface area contributed by atoms with Gasteiger partial charge >= 0.3 is 0 Å². The molecule has 2 aromatic carbocycles. The van der Waals surface area contributed by atoms with Crippen molar-refractivity contribution in [2.75, 3.05) is 7.05 Å². The van der Waals surface area contributed by atoms with Crippen molar-refractivity contribution in [2.24, 2.45) is 0 Å². The molecule has 0 spiro atoms. The molecule has 0 saturated heterocycles. The van der Waals surface area contributed by atoms with Crippen LogP contribution < -0.4 is 10.1 Å². The quantitative estimate of drug-likeness (QED) is 0.912. The summed E-state index contributed by atoms with van der Waals surface area (Å²) < 4.78 is 5.96. The highest BCUT2D eigenvalue weighted by Crippen LogP contribution is 2.26. The molecule has 3 nitrogen and oxygen atoms in total. The van der Waals surface area contributed by atoms with Gasteiger partial charge in [0.15, 0.2) is 0 Å². The summed E-state index contributed by atoms with van der Waals surface area (Å²) >= 11 is 0. The first-order valence-electron chi connectivity index (χ1n) is 7.01. The normalized spacial score (nSPS) is 10.2. The van der Waals surface area contributed by atoms with Crippen LogP contribution in [0, 0.1) is 25.2 Å². The van der Waals surface area contributed by atoms with Crippen LogP contribution in [-0.4, -0.2) is 7.05 Å². The minimum Gasteiger partial charge on any atom is -0.488 e. The molecule has 3 heteroatoms. The van der Waals surface area contributed by atoms with Crippen molar-refractivity contribution >= 4 is 0 Å². The summed E-state index contributed by atoms with van der Waals surface area (Å²) in [6, 6.07) is 14.0. The van der Waals surface area contributed by atoms with Crippen LogP contribution in [0.1, 0.15) is 27.8 Å². The smallest absolute Gasteiger partial charge is 0.125 e. The van der Waals surface area contributed by atoms with Crippen molar-refractivity contribution in [3.05, 3.63) is 64.2 Å². The van der Waals surface area contributed by atoms with E-state index < -0.39 is 0 Å². The molecule has 0 amide bonds. The van der Waals surface area contributed by atoms with E-state index in [4.69, 9.17) is 10.00 Å². The van der Waals surface area contributed by atoms with Gasteiger partial charge in [-0.1, -0.05) is 30.3 Å². The van der Waals surface area contributed by atoms with E-state index in [1.807, 2.05) is 31.3 Å². The molecule has 0 aliphatic heterocycles. The van der Waals surface area contributed by atoms with Gasteiger partial charge < -0.3 is 10.1 Å². The molecule has 0 aromatic heterocycles. The van der Waals surface area contributed by atoms with Gasteiger partial charge in [-0.05, 0) is 43.7 Å². The van der Waals surface area contributed by atoms with Crippen molar-refractivity contribution in [3.8, 4) is 11.8 Å². The Balaban J connectivity index is 2.19. The number of benzene rings is 2. The van der Waals surface area contributed by atoms with Crippen molar-refractivity contribution in [3.63, 3.8) is 0 Å². The topological polar surface area (TPSA) is 45.0 Å². The fraction of sp³-hybridized carbons (Fsp3) is 0.278. The summed E-state index contributed by atoms with van der Waals surface area (Å²) in [6.45, 7) is 5.37. The molecule has 0 heterocycles. The summed E-state index contributed by atoms with van der Waals surface area (Å²) in [7, 11) is 1.94. The van der Waals surface area contributed by atoms with E-state index in [1.54, 1.807) is 0 Å². The minimum absolute atomic E-state index is 0.413. The zero-order valence-corrected chi connectivity index (χ0v) is 12.7. The van der Waals surface area contributed by atoms with Crippen LogP contribution in [0.2, 0.25) is 0 Å². The average molecular weight is 280 g/mol. The van der Waals surface area contributed by atoms with E-state index in [-0.39, 0.29) is 0 Å². The first kappa shape index (κ1) is 15.1. The van der Waals surface area contributed by atoms with Crippen molar-refractivity contribution in [1.29, 1.82) is 5.26 Å². The molecule has 108 valence electrons. The predicted molar refractivity (Wildman–Crippen MR) is 84.2 cm³/mol. The van der Waals surface area contributed by atoms with E-state index in [0.29, 0.717) is 12.2 Å². The Morgan fingerprint density at radius 2 is 1.81 bits per heavy atom. The highest BCUT2D eigenvalue weighted by Gasteiger charge is 2.08. The number of nitrogens with zero attached hydrogens (tertiary/aromatic N) is 1. The summed E-state index contributed by atoms with van der Waals surface area (Å²) in [4.78, 5) is 0. The molecule has 21 heavy (non-hydrogen) atoms. The molecule has 1 N–H and O–H groups in total. The van der Waals surface area contributed by atoms with Crippen molar-refractivity contribution in [1.82, 2.24) is 5.32 Å². The fourth-order valence-electron chi connectivity index (χ4n) is 2.48. The lowest BCUT2D eigenvalue weighted by atomic mass is 10.1. The Morgan fingerprint density at radius 1 is 1.14 bits per heavy atom. The lowest BCUT2D eigenvalue weighted by Gasteiger charge is -2.14. The standard InChI is InChI=1S/C18H20N2O/c1-13-8-15(11-20-3)9-14(2)18(13)21-12-17-7-5-4-6-16(17)10-19/h4-9,20H,11-12H2,1-3H3. The molecule has 0 radical (unpaired) electrons. The van der Waals surface area contributed by atoms with E-state index in [1.165, 1.54) is 5.56 Å². The monoisotopic (exact) mass is 280 g/mol.